The molecule has 1 unspecified atom stereocenters. The maximum Gasteiger partial charge on any atom is 0.430 e. The fraction of sp³-hybridized carbons (Fsp3) is 0.259. The van der Waals surface area contributed by atoms with Crippen LogP contribution in [0.15, 0.2) is 71.6 Å². The van der Waals surface area contributed by atoms with Gasteiger partial charge in [0.25, 0.3) is 11.5 Å². The highest BCUT2D eigenvalue weighted by atomic mass is 32.2. The summed E-state index contributed by atoms with van der Waals surface area (Å²) in [5.74, 6) is -0.995. The number of carbonyl (C=O) groups excluding carboxylic acids is 2. The van der Waals surface area contributed by atoms with Crippen molar-refractivity contribution in [1.82, 2.24) is 4.90 Å². The number of benzene rings is 3. The van der Waals surface area contributed by atoms with Crippen LogP contribution >= 0.6 is 0 Å². The first-order valence-corrected chi connectivity index (χ1v) is 13.7. The summed E-state index contributed by atoms with van der Waals surface area (Å²) in [5.41, 5.74) is -4.55. The molecule has 0 saturated heterocycles. The molecule has 0 bridgehead atoms. The van der Waals surface area contributed by atoms with E-state index in [1.807, 2.05) is 0 Å². The highest BCUT2D eigenvalue weighted by molar-refractivity contribution is 7.90. The van der Waals surface area contributed by atoms with Gasteiger partial charge in [0.1, 0.15) is 6.04 Å². The number of sulfone groups is 1. The van der Waals surface area contributed by atoms with Crippen LogP contribution in [0.4, 0.5) is 32.0 Å². The van der Waals surface area contributed by atoms with Gasteiger partial charge in [0, 0.05) is 31.0 Å². The molecule has 41 heavy (non-hydrogen) atoms. The number of nitrogens with one attached hydrogen (secondary N) is 1. The first-order valence-electron chi connectivity index (χ1n) is 11.8. The van der Waals surface area contributed by atoms with Crippen LogP contribution in [0.3, 0.4) is 0 Å². The Morgan fingerprint density at radius 2 is 1.39 bits per heavy atom. The number of fused-ring (bicyclic) bond motifs is 1. The van der Waals surface area contributed by atoms with Gasteiger partial charge in [-0.2, -0.15) is 26.3 Å². The van der Waals surface area contributed by atoms with Crippen molar-refractivity contribution < 1.29 is 49.5 Å². The number of anilines is 1. The van der Waals surface area contributed by atoms with Crippen LogP contribution < -0.4 is 5.32 Å². The van der Waals surface area contributed by atoms with Crippen molar-refractivity contribution in [2.75, 3.05) is 11.6 Å². The normalized spacial score (nSPS) is 15.9. The SMILES string of the molecule is CC(=O)N1Cc2cc(S(C)(=O)=O)ccc2C1C(=O)Nc1ccc(-c2ccc(C(O)(C(F)(F)F)C(F)(F)F)cc2)cc1. The molecule has 1 heterocycles. The Balaban J connectivity index is 1.55. The Labute approximate surface area is 230 Å². The molecule has 4 rings (SSSR count). The number of hydrogen-bond donors (Lipinski definition) is 2. The highest BCUT2D eigenvalue weighted by Crippen LogP contribution is 2.50. The van der Waals surface area contributed by atoms with Crippen LogP contribution in [0.5, 0.6) is 0 Å². The minimum Gasteiger partial charge on any atom is -0.369 e. The molecular formula is C27H22F6N2O5S. The minimum atomic E-state index is -6.00. The lowest BCUT2D eigenvalue weighted by Gasteiger charge is -2.32. The largest absolute Gasteiger partial charge is 0.430 e. The predicted octanol–water partition coefficient (Wildman–Crippen LogP) is 5.11. The first kappa shape index (κ1) is 30.1. The average molecular weight is 601 g/mol. The third kappa shape index (κ3) is 5.53. The monoisotopic (exact) mass is 600 g/mol. The second-order valence-corrected chi connectivity index (χ2v) is 11.5. The summed E-state index contributed by atoms with van der Waals surface area (Å²) in [7, 11) is -3.51. The summed E-state index contributed by atoms with van der Waals surface area (Å²) >= 11 is 0. The van der Waals surface area contributed by atoms with E-state index in [2.05, 4.69) is 5.32 Å². The van der Waals surface area contributed by atoms with Gasteiger partial charge in [0.2, 0.25) is 5.91 Å². The van der Waals surface area contributed by atoms with Gasteiger partial charge in [0.05, 0.1) is 4.90 Å². The minimum absolute atomic E-state index is 0.0266. The molecular weight excluding hydrogens is 578 g/mol. The number of aliphatic hydroxyl groups is 1. The van der Waals surface area contributed by atoms with Crippen molar-refractivity contribution in [1.29, 1.82) is 0 Å². The van der Waals surface area contributed by atoms with E-state index in [1.165, 1.54) is 54.3 Å². The van der Waals surface area contributed by atoms with Gasteiger partial charge >= 0.3 is 12.4 Å². The van der Waals surface area contributed by atoms with Crippen LogP contribution in [0, 0.1) is 0 Å². The van der Waals surface area contributed by atoms with Gasteiger partial charge in [-0.05, 0) is 46.5 Å². The number of halogens is 6. The highest BCUT2D eigenvalue weighted by Gasteiger charge is 2.71. The zero-order valence-corrected chi connectivity index (χ0v) is 22.2. The lowest BCUT2D eigenvalue weighted by atomic mass is 9.90. The average Bonchev–Trinajstić information content (AvgIpc) is 3.26. The summed E-state index contributed by atoms with van der Waals surface area (Å²) in [4.78, 5) is 26.8. The fourth-order valence-electron chi connectivity index (χ4n) is 4.58. The number of nitrogens with zero attached hydrogens (tertiary/aromatic N) is 1. The molecule has 0 aromatic heterocycles. The molecule has 1 aliphatic rings. The van der Waals surface area contributed by atoms with Crippen LogP contribution in [-0.2, 0) is 31.6 Å². The number of rotatable bonds is 5. The number of hydrogen-bond acceptors (Lipinski definition) is 5. The molecule has 14 heteroatoms. The smallest absolute Gasteiger partial charge is 0.369 e. The van der Waals surface area contributed by atoms with Gasteiger partial charge in [-0.3, -0.25) is 9.59 Å². The Bertz CT molecular complexity index is 1590. The van der Waals surface area contributed by atoms with Gasteiger partial charge in [-0.15, -0.1) is 0 Å². The zero-order valence-electron chi connectivity index (χ0n) is 21.3. The quantitative estimate of drug-likeness (QED) is 0.397. The molecule has 3 aromatic rings. The van der Waals surface area contributed by atoms with Crippen molar-refractivity contribution >= 4 is 27.3 Å². The molecule has 1 atom stereocenters. The van der Waals surface area contributed by atoms with E-state index in [9.17, 15) is 49.5 Å². The van der Waals surface area contributed by atoms with Crippen molar-refractivity contribution in [3.05, 3.63) is 83.4 Å². The van der Waals surface area contributed by atoms with Crippen LogP contribution in [0.1, 0.15) is 29.7 Å². The second kappa shape index (κ2) is 10.2. The van der Waals surface area contributed by atoms with E-state index in [-0.39, 0.29) is 22.7 Å². The molecule has 3 aromatic carbocycles. The Hall–Kier alpha value is -3.91. The number of alkyl halides is 6. The molecule has 2 amide bonds. The van der Waals surface area contributed by atoms with Crippen LogP contribution in [0.2, 0.25) is 0 Å². The molecule has 0 aliphatic carbocycles. The third-order valence-corrected chi connectivity index (χ3v) is 7.86. The van der Waals surface area contributed by atoms with Crippen molar-refractivity contribution in [3.63, 3.8) is 0 Å². The summed E-state index contributed by atoms with van der Waals surface area (Å²) in [6.45, 7) is 1.30. The van der Waals surface area contributed by atoms with E-state index in [0.29, 0.717) is 28.8 Å². The van der Waals surface area contributed by atoms with E-state index >= 15 is 0 Å². The second-order valence-electron chi connectivity index (χ2n) is 9.53. The van der Waals surface area contributed by atoms with Crippen molar-refractivity contribution in [2.45, 2.75) is 42.4 Å². The maximum atomic E-state index is 13.2. The molecule has 7 nitrogen and oxygen atoms in total. The first-order chi connectivity index (χ1) is 18.8. The lowest BCUT2D eigenvalue weighted by molar-refractivity contribution is -0.376. The Morgan fingerprint density at radius 3 is 1.85 bits per heavy atom. The molecule has 218 valence electrons. The molecule has 0 saturated carbocycles. The van der Waals surface area contributed by atoms with Gasteiger partial charge in [0.15, 0.2) is 9.84 Å². The lowest BCUT2D eigenvalue weighted by Crippen LogP contribution is -2.53. The van der Waals surface area contributed by atoms with Gasteiger partial charge < -0.3 is 15.3 Å². The molecule has 2 N–H and O–H groups in total. The molecule has 0 spiro atoms. The van der Waals surface area contributed by atoms with E-state index in [4.69, 9.17) is 0 Å². The van der Waals surface area contributed by atoms with E-state index in [0.717, 1.165) is 18.4 Å². The topological polar surface area (TPSA) is 104 Å². The van der Waals surface area contributed by atoms with Gasteiger partial charge in [-0.1, -0.05) is 42.5 Å². The van der Waals surface area contributed by atoms with Crippen LogP contribution in [-0.4, -0.2) is 48.8 Å². The maximum absolute atomic E-state index is 13.2. The number of amides is 2. The Morgan fingerprint density at radius 1 is 0.878 bits per heavy atom. The summed E-state index contributed by atoms with van der Waals surface area (Å²) in [5, 5.41) is 12.2. The molecule has 0 radical (unpaired) electrons. The summed E-state index contributed by atoms with van der Waals surface area (Å²) in [6, 6.07) is 12.1. The van der Waals surface area contributed by atoms with E-state index in [1.54, 1.807) is 0 Å². The Kier molecular flexibility index (Phi) is 7.46. The van der Waals surface area contributed by atoms with E-state index < -0.39 is 51.2 Å². The van der Waals surface area contributed by atoms with Crippen molar-refractivity contribution in [3.8, 4) is 11.1 Å². The predicted molar refractivity (Wildman–Crippen MR) is 135 cm³/mol. The molecule has 1 aliphatic heterocycles. The van der Waals surface area contributed by atoms with Gasteiger partial charge in [-0.25, -0.2) is 8.42 Å². The third-order valence-electron chi connectivity index (χ3n) is 6.75. The fourth-order valence-corrected chi connectivity index (χ4v) is 5.26. The van der Waals surface area contributed by atoms with Crippen LogP contribution in [0.25, 0.3) is 11.1 Å². The summed E-state index contributed by atoms with van der Waals surface area (Å²) < 4.78 is 103. The number of carbonyl (C=O) groups is 2. The molecule has 0 fully saturated rings. The van der Waals surface area contributed by atoms with Crippen molar-refractivity contribution in [2.24, 2.45) is 0 Å². The zero-order chi connectivity index (χ0) is 30.5. The standard InChI is InChI=1S/C27H22F6N2O5S/c1-15(36)35-14-18-13-21(41(2,39)40)11-12-22(18)23(35)24(37)34-20-9-5-17(6-10-20)16-3-7-19(8-4-16)25(38,26(28,29)30)27(31,32)33/h3-13,23,38H,14H2,1-2H3,(H,34,37). The summed E-state index contributed by atoms with van der Waals surface area (Å²) in [6.07, 6.45) is -11.0.